The highest BCUT2D eigenvalue weighted by molar-refractivity contribution is 5.37. The van der Waals surface area contributed by atoms with Crippen molar-refractivity contribution in [1.82, 2.24) is 5.16 Å². The third-order valence-electron chi connectivity index (χ3n) is 2.85. The zero-order valence-electron chi connectivity index (χ0n) is 9.69. The zero-order valence-corrected chi connectivity index (χ0v) is 9.69. The highest BCUT2D eigenvalue weighted by Gasteiger charge is 2.20. The minimum atomic E-state index is -0.660. The Morgan fingerprint density at radius 1 is 1.19 bits per heavy atom. The van der Waals surface area contributed by atoms with Crippen molar-refractivity contribution in [1.29, 1.82) is 0 Å². The lowest BCUT2D eigenvalue weighted by molar-refractivity contribution is 0.216. The molecule has 3 heteroatoms. The smallest absolute Gasteiger partial charge is 0.140 e. The lowest BCUT2D eigenvalue weighted by Gasteiger charge is -2.13. The van der Waals surface area contributed by atoms with Crippen molar-refractivity contribution >= 4 is 0 Å². The van der Waals surface area contributed by atoms with Gasteiger partial charge in [-0.05, 0) is 31.9 Å². The van der Waals surface area contributed by atoms with Crippen molar-refractivity contribution in [2.45, 2.75) is 26.9 Å². The highest BCUT2D eigenvalue weighted by atomic mass is 16.5. The summed E-state index contributed by atoms with van der Waals surface area (Å²) in [6, 6.07) is 7.78. The first-order chi connectivity index (χ1) is 7.61. The summed E-state index contributed by atoms with van der Waals surface area (Å²) >= 11 is 0. The highest BCUT2D eigenvalue weighted by Crippen LogP contribution is 2.28. The molecule has 16 heavy (non-hydrogen) atoms. The van der Waals surface area contributed by atoms with E-state index in [-0.39, 0.29) is 0 Å². The molecule has 3 nitrogen and oxygen atoms in total. The van der Waals surface area contributed by atoms with Crippen molar-refractivity contribution in [2.24, 2.45) is 0 Å². The topological polar surface area (TPSA) is 46.3 Å². The third kappa shape index (κ3) is 1.74. The molecule has 1 atom stereocenters. The van der Waals surface area contributed by atoms with Gasteiger partial charge in [0, 0.05) is 0 Å². The van der Waals surface area contributed by atoms with Gasteiger partial charge in [0.2, 0.25) is 0 Å². The number of aliphatic hydroxyl groups is 1. The van der Waals surface area contributed by atoms with Crippen LogP contribution < -0.4 is 0 Å². The molecule has 0 aliphatic rings. The van der Waals surface area contributed by atoms with Gasteiger partial charge in [0.25, 0.3) is 0 Å². The first-order valence-corrected chi connectivity index (χ1v) is 5.27. The molecule has 0 aliphatic carbocycles. The lowest BCUT2D eigenvalue weighted by atomic mass is 9.96. The van der Waals surface area contributed by atoms with Crippen molar-refractivity contribution in [2.75, 3.05) is 0 Å². The van der Waals surface area contributed by atoms with Gasteiger partial charge < -0.3 is 9.63 Å². The van der Waals surface area contributed by atoms with Crippen molar-refractivity contribution < 1.29 is 9.63 Å². The molecule has 0 amide bonds. The fourth-order valence-electron chi connectivity index (χ4n) is 1.93. The van der Waals surface area contributed by atoms with E-state index in [2.05, 4.69) is 5.16 Å². The molecule has 0 unspecified atom stereocenters. The second kappa shape index (κ2) is 4.10. The van der Waals surface area contributed by atoms with E-state index in [4.69, 9.17) is 4.52 Å². The molecular formula is C13H15NO2. The predicted molar refractivity (Wildman–Crippen MR) is 61.2 cm³/mol. The Bertz CT molecular complexity index is 483. The maximum atomic E-state index is 10.3. The van der Waals surface area contributed by atoms with Gasteiger partial charge in [-0.1, -0.05) is 29.4 Å². The van der Waals surface area contributed by atoms with Crippen LogP contribution in [0.2, 0.25) is 0 Å². The van der Waals surface area contributed by atoms with E-state index in [0.717, 1.165) is 22.4 Å². The molecule has 2 rings (SSSR count). The molecular weight excluding hydrogens is 202 g/mol. The number of aromatic nitrogens is 1. The standard InChI is InChI=1S/C13H15NO2/c1-8-6-4-5-7-11(8)13(15)12-9(2)14-16-10(12)3/h4-7,13,15H,1-3H3/t13-/m0/s1. The van der Waals surface area contributed by atoms with Crippen LogP contribution in [0.5, 0.6) is 0 Å². The van der Waals surface area contributed by atoms with E-state index >= 15 is 0 Å². The van der Waals surface area contributed by atoms with Crippen molar-refractivity contribution in [3.63, 3.8) is 0 Å². The molecule has 0 fully saturated rings. The van der Waals surface area contributed by atoms with Gasteiger partial charge in [-0.25, -0.2) is 0 Å². The minimum absolute atomic E-state index is 0.660. The van der Waals surface area contributed by atoms with Gasteiger partial charge in [0.1, 0.15) is 11.9 Å². The molecule has 0 spiro atoms. The molecule has 0 radical (unpaired) electrons. The van der Waals surface area contributed by atoms with Crippen LogP contribution in [0.4, 0.5) is 0 Å². The van der Waals surface area contributed by atoms with Crippen LogP contribution in [-0.4, -0.2) is 10.3 Å². The number of hydrogen-bond acceptors (Lipinski definition) is 3. The molecule has 0 saturated carbocycles. The minimum Gasteiger partial charge on any atom is -0.383 e. The van der Waals surface area contributed by atoms with Gasteiger partial charge in [-0.15, -0.1) is 0 Å². The number of hydrogen-bond donors (Lipinski definition) is 1. The Morgan fingerprint density at radius 3 is 2.44 bits per heavy atom. The Kier molecular flexibility index (Phi) is 2.79. The first-order valence-electron chi connectivity index (χ1n) is 5.27. The molecule has 1 N–H and O–H groups in total. The summed E-state index contributed by atoms with van der Waals surface area (Å²) in [4.78, 5) is 0. The summed E-state index contributed by atoms with van der Waals surface area (Å²) in [6.07, 6.45) is -0.660. The van der Waals surface area contributed by atoms with Crippen LogP contribution in [0.15, 0.2) is 28.8 Å². The zero-order chi connectivity index (χ0) is 11.7. The molecule has 84 valence electrons. The lowest BCUT2D eigenvalue weighted by Crippen LogP contribution is -2.03. The van der Waals surface area contributed by atoms with Gasteiger partial charge in [0.15, 0.2) is 0 Å². The van der Waals surface area contributed by atoms with Crippen LogP contribution in [0.25, 0.3) is 0 Å². The molecule has 1 heterocycles. The van der Waals surface area contributed by atoms with Crippen LogP contribution in [-0.2, 0) is 0 Å². The van der Waals surface area contributed by atoms with Gasteiger partial charge in [0.05, 0.1) is 11.3 Å². The van der Waals surface area contributed by atoms with Crippen molar-refractivity contribution in [3.8, 4) is 0 Å². The molecule has 2 aromatic rings. The second-order valence-corrected chi connectivity index (χ2v) is 4.00. The van der Waals surface area contributed by atoms with E-state index in [0.29, 0.717) is 5.76 Å². The summed E-state index contributed by atoms with van der Waals surface area (Å²) in [5.74, 6) is 0.674. The number of rotatable bonds is 2. The number of aryl methyl sites for hydroxylation is 3. The fourth-order valence-corrected chi connectivity index (χ4v) is 1.93. The number of nitrogens with zero attached hydrogens (tertiary/aromatic N) is 1. The van der Waals surface area contributed by atoms with Crippen LogP contribution in [0.3, 0.4) is 0 Å². The second-order valence-electron chi connectivity index (χ2n) is 4.00. The van der Waals surface area contributed by atoms with Gasteiger partial charge >= 0.3 is 0 Å². The molecule has 1 aromatic heterocycles. The number of benzene rings is 1. The van der Waals surface area contributed by atoms with Crippen LogP contribution in [0.1, 0.15) is 34.2 Å². The summed E-state index contributed by atoms with van der Waals surface area (Å²) in [7, 11) is 0. The normalized spacial score (nSPS) is 12.8. The summed E-state index contributed by atoms with van der Waals surface area (Å²) in [5, 5.41) is 14.2. The third-order valence-corrected chi connectivity index (χ3v) is 2.85. The largest absolute Gasteiger partial charge is 0.383 e. The molecule has 1 aromatic carbocycles. The van der Waals surface area contributed by atoms with Crippen LogP contribution >= 0.6 is 0 Å². The van der Waals surface area contributed by atoms with E-state index < -0.39 is 6.10 Å². The SMILES string of the molecule is Cc1ccccc1[C@H](O)c1c(C)noc1C. The Morgan fingerprint density at radius 2 is 1.88 bits per heavy atom. The van der Waals surface area contributed by atoms with E-state index in [1.165, 1.54) is 0 Å². The Labute approximate surface area is 94.7 Å². The Balaban J connectivity index is 2.47. The molecule has 0 saturated heterocycles. The monoisotopic (exact) mass is 217 g/mol. The number of aliphatic hydroxyl groups excluding tert-OH is 1. The van der Waals surface area contributed by atoms with Crippen LogP contribution in [0, 0.1) is 20.8 Å². The molecule has 0 aliphatic heterocycles. The first kappa shape index (κ1) is 10.9. The Hall–Kier alpha value is -1.61. The fraction of sp³-hybridized carbons (Fsp3) is 0.308. The maximum Gasteiger partial charge on any atom is 0.140 e. The summed E-state index contributed by atoms with van der Waals surface area (Å²) in [6.45, 7) is 5.64. The van der Waals surface area contributed by atoms with E-state index in [9.17, 15) is 5.11 Å². The summed E-state index contributed by atoms with van der Waals surface area (Å²) < 4.78 is 5.07. The molecule has 0 bridgehead atoms. The maximum absolute atomic E-state index is 10.3. The van der Waals surface area contributed by atoms with Crippen molar-refractivity contribution in [3.05, 3.63) is 52.4 Å². The summed E-state index contributed by atoms with van der Waals surface area (Å²) in [5.41, 5.74) is 3.48. The average Bonchev–Trinajstić information content (AvgIpc) is 2.58. The predicted octanol–water partition coefficient (Wildman–Crippen LogP) is 2.68. The quantitative estimate of drug-likeness (QED) is 0.841. The van der Waals surface area contributed by atoms with Gasteiger partial charge in [-0.3, -0.25) is 0 Å². The van der Waals surface area contributed by atoms with E-state index in [1.54, 1.807) is 0 Å². The average molecular weight is 217 g/mol. The van der Waals surface area contributed by atoms with Gasteiger partial charge in [-0.2, -0.15) is 0 Å². The van der Waals surface area contributed by atoms with E-state index in [1.807, 2.05) is 45.0 Å².